The van der Waals surface area contributed by atoms with Gasteiger partial charge in [0.1, 0.15) is 5.82 Å². The third-order valence-electron chi connectivity index (χ3n) is 1.10. The molecule has 0 fully saturated rings. The molecule has 5 heteroatoms. The number of carbonyl (C=O) groups excluding carboxylic acids is 1. The number of hydrogen-bond acceptors (Lipinski definition) is 2. The largest absolute Gasteiger partial charge is 0.310 e. The van der Waals surface area contributed by atoms with E-state index in [1.165, 1.54) is 6.92 Å². The first-order valence-corrected chi connectivity index (χ1v) is 5.05. The Morgan fingerprint density at radius 2 is 2.42 bits per heavy atom. The van der Waals surface area contributed by atoms with E-state index in [1.807, 2.05) is 6.07 Å². The van der Waals surface area contributed by atoms with E-state index in [0.29, 0.717) is 5.82 Å². The lowest BCUT2D eigenvalue weighted by molar-refractivity contribution is -0.114. The fraction of sp³-hybridized carbons (Fsp3) is 0.143. The number of anilines is 1. The first-order chi connectivity index (χ1) is 5.59. The molecule has 0 saturated heterocycles. The van der Waals surface area contributed by atoms with Crippen LogP contribution in [-0.4, -0.2) is 10.9 Å². The van der Waals surface area contributed by atoms with E-state index in [-0.39, 0.29) is 5.91 Å². The van der Waals surface area contributed by atoms with Crippen LogP contribution in [0.5, 0.6) is 0 Å². The van der Waals surface area contributed by atoms with E-state index >= 15 is 0 Å². The molecule has 0 unspecified atom stereocenters. The molecule has 12 heavy (non-hydrogen) atoms. The van der Waals surface area contributed by atoms with Gasteiger partial charge in [-0.3, -0.25) is 4.79 Å². The van der Waals surface area contributed by atoms with Crippen molar-refractivity contribution in [2.24, 2.45) is 0 Å². The Kier molecular flexibility index (Phi) is 3.45. The number of rotatable bonds is 1. The van der Waals surface area contributed by atoms with Crippen LogP contribution >= 0.6 is 38.5 Å². The maximum Gasteiger partial charge on any atom is 0.222 e. The summed E-state index contributed by atoms with van der Waals surface area (Å²) >= 11 is 5.44. The van der Waals surface area contributed by atoms with E-state index in [4.69, 9.17) is 0 Å². The van der Waals surface area contributed by atoms with Crippen molar-refractivity contribution in [2.45, 2.75) is 6.92 Å². The van der Waals surface area contributed by atoms with Gasteiger partial charge in [-0.1, -0.05) is 0 Å². The molecule has 0 saturated carbocycles. The Bertz CT molecular complexity index is 316. The predicted octanol–water partition coefficient (Wildman–Crippen LogP) is 2.41. The lowest BCUT2D eigenvalue weighted by Crippen LogP contribution is -2.07. The lowest BCUT2D eigenvalue weighted by Gasteiger charge is -2.02. The summed E-state index contributed by atoms with van der Waals surface area (Å²) in [7, 11) is 0. The van der Waals surface area contributed by atoms with Gasteiger partial charge in [0.2, 0.25) is 5.91 Å². The van der Waals surface area contributed by atoms with E-state index < -0.39 is 0 Å². The quantitative estimate of drug-likeness (QED) is 0.798. The van der Waals surface area contributed by atoms with Gasteiger partial charge in [-0.05, 0) is 44.6 Å². The summed E-state index contributed by atoms with van der Waals surface area (Å²) < 4.78 is 1.82. The zero-order valence-electron chi connectivity index (χ0n) is 6.27. The monoisotopic (exact) mass is 340 g/mol. The van der Waals surface area contributed by atoms with Gasteiger partial charge in [-0.25, -0.2) is 4.98 Å². The Balaban J connectivity index is 2.93. The topological polar surface area (TPSA) is 42.0 Å². The zero-order valence-corrected chi connectivity index (χ0v) is 10.0. The average Bonchev–Trinajstić information content (AvgIpc) is 1.94. The molecule has 0 aliphatic heterocycles. The van der Waals surface area contributed by atoms with Crippen LogP contribution in [0.2, 0.25) is 0 Å². The van der Waals surface area contributed by atoms with Crippen LogP contribution in [-0.2, 0) is 4.79 Å². The molecule has 1 rings (SSSR count). The van der Waals surface area contributed by atoms with Crippen LogP contribution in [0.1, 0.15) is 6.92 Å². The number of hydrogen-bond donors (Lipinski definition) is 1. The molecular formula is C7H6BrIN2O. The first kappa shape index (κ1) is 9.91. The summed E-state index contributed by atoms with van der Waals surface area (Å²) in [6.45, 7) is 1.45. The molecule has 1 aromatic heterocycles. The van der Waals surface area contributed by atoms with E-state index in [9.17, 15) is 4.79 Å². The van der Waals surface area contributed by atoms with Crippen molar-refractivity contribution in [2.75, 3.05) is 5.32 Å². The molecule has 0 bridgehead atoms. The van der Waals surface area contributed by atoms with Crippen molar-refractivity contribution in [1.82, 2.24) is 4.98 Å². The molecule has 0 radical (unpaired) electrons. The third kappa shape index (κ3) is 2.71. The predicted molar refractivity (Wildman–Crippen MR) is 59.0 cm³/mol. The normalized spacial score (nSPS) is 9.58. The molecule has 0 aromatic carbocycles. The maximum absolute atomic E-state index is 10.7. The Morgan fingerprint density at radius 1 is 1.75 bits per heavy atom. The second kappa shape index (κ2) is 4.18. The van der Waals surface area contributed by atoms with Crippen molar-refractivity contribution in [3.63, 3.8) is 0 Å². The molecule has 1 amide bonds. The Morgan fingerprint density at radius 3 is 2.92 bits per heavy atom. The highest BCUT2D eigenvalue weighted by Gasteiger charge is 2.02. The second-order valence-electron chi connectivity index (χ2n) is 2.17. The van der Waals surface area contributed by atoms with Crippen molar-refractivity contribution in [3.05, 3.63) is 20.3 Å². The highest BCUT2D eigenvalue weighted by molar-refractivity contribution is 14.1. The number of pyridine rings is 1. The van der Waals surface area contributed by atoms with Crippen LogP contribution in [0.4, 0.5) is 5.82 Å². The van der Waals surface area contributed by atoms with Gasteiger partial charge in [-0.2, -0.15) is 0 Å². The molecule has 1 aromatic rings. The number of carbonyl (C=O) groups is 1. The minimum Gasteiger partial charge on any atom is -0.310 e. The molecule has 0 aliphatic carbocycles. The molecule has 0 atom stereocenters. The molecule has 0 aliphatic rings. The summed E-state index contributed by atoms with van der Waals surface area (Å²) in [6, 6.07) is 1.89. The van der Waals surface area contributed by atoms with Gasteiger partial charge in [-0.15, -0.1) is 0 Å². The van der Waals surface area contributed by atoms with Gasteiger partial charge in [0.05, 0.1) is 4.47 Å². The highest BCUT2D eigenvalue weighted by Crippen LogP contribution is 2.21. The number of halogens is 2. The van der Waals surface area contributed by atoms with Crippen LogP contribution < -0.4 is 5.32 Å². The summed E-state index contributed by atoms with van der Waals surface area (Å²) in [4.78, 5) is 14.7. The highest BCUT2D eigenvalue weighted by atomic mass is 127. The van der Waals surface area contributed by atoms with E-state index in [1.54, 1.807) is 6.20 Å². The zero-order chi connectivity index (χ0) is 9.14. The second-order valence-corrected chi connectivity index (χ2v) is 4.27. The van der Waals surface area contributed by atoms with Gasteiger partial charge in [0, 0.05) is 16.7 Å². The standard InChI is InChI=1S/C7H6BrIN2O/c1-4(12)11-7-6(8)2-5(9)3-10-7/h2-3H,1H3,(H,10,11,12). The Labute approximate surface area is 92.2 Å². The van der Waals surface area contributed by atoms with Crippen LogP contribution in [0.25, 0.3) is 0 Å². The van der Waals surface area contributed by atoms with Crippen LogP contribution in [0.15, 0.2) is 16.7 Å². The molecule has 64 valence electrons. The van der Waals surface area contributed by atoms with E-state index in [2.05, 4.69) is 48.8 Å². The number of nitrogens with zero attached hydrogens (tertiary/aromatic N) is 1. The smallest absolute Gasteiger partial charge is 0.222 e. The fourth-order valence-electron chi connectivity index (χ4n) is 0.673. The van der Waals surface area contributed by atoms with Crippen molar-refractivity contribution in [3.8, 4) is 0 Å². The van der Waals surface area contributed by atoms with Gasteiger partial charge < -0.3 is 5.32 Å². The Hall–Kier alpha value is -0.170. The minimum atomic E-state index is -0.121. The fourth-order valence-corrected chi connectivity index (χ4v) is 2.00. The first-order valence-electron chi connectivity index (χ1n) is 3.18. The number of aromatic nitrogens is 1. The molecule has 0 spiro atoms. The summed E-state index contributed by atoms with van der Waals surface area (Å²) in [5.41, 5.74) is 0. The van der Waals surface area contributed by atoms with Crippen molar-refractivity contribution >= 4 is 50.2 Å². The van der Waals surface area contributed by atoms with Gasteiger partial charge in [0.15, 0.2) is 0 Å². The summed E-state index contributed by atoms with van der Waals surface area (Å²) in [5, 5.41) is 2.60. The van der Waals surface area contributed by atoms with Crippen LogP contribution in [0.3, 0.4) is 0 Å². The molecule has 1 N–H and O–H groups in total. The SMILES string of the molecule is CC(=O)Nc1ncc(I)cc1Br. The van der Waals surface area contributed by atoms with E-state index in [0.717, 1.165) is 8.04 Å². The summed E-state index contributed by atoms with van der Waals surface area (Å²) in [5.74, 6) is 0.437. The van der Waals surface area contributed by atoms with Gasteiger partial charge in [0.25, 0.3) is 0 Å². The van der Waals surface area contributed by atoms with Crippen LogP contribution in [0, 0.1) is 3.57 Å². The van der Waals surface area contributed by atoms with Crippen molar-refractivity contribution in [1.29, 1.82) is 0 Å². The minimum absolute atomic E-state index is 0.121. The summed E-state index contributed by atoms with van der Waals surface area (Å²) in [6.07, 6.45) is 1.69. The maximum atomic E-state index is 10.7. The number of nitrogens with one attached hydrogen (secondary N) is 1. The molecule has 3 nitrogen and oxygen atoms in total. The van der Waals surface area contributed by atoms with Crippen molar-refractivity contribution < 1.29 is 4.79 Å². The third-order valence-corrected chi connectivity index (χ3v) is 2.30. The van der Waals surface area contributed by atoms with Gasteiger partial charge >= 0.3 is 0 Å². The lowest BCUT2D eigenvalue weighted by atomic mass is 10.4. The molecule has 1 heterocycles. The average molecular weight is 341 g/mol. The number of amides is 1. The molecular weight excluding hydrogens is 335 g/mol.